The highest BCUT2D eigenvalue weighted by Gasteiger charge is 2.16. The number of nitriles is 1. The summed E-state index contributed by atoms with van der Waals surface area (Å²) in [4.78, 5) is 7.00. The molecule has 114 valence electrons. The van der Waals surface area contributed by atoms with E-state index in [1.165, 1.54) is 11.3 Å². The first-order valence-corrected chi connectivity index (χ1v) is 7.99. The number of aryl methyl sites for hydroxylation is 2. The van der Waals surface area contributed by atoms with Crippen molar-refractivity contribution in [2.24, 2.45) is 0 Å². The van der Waals surface area contributed by atoms with E-state index < -0.39 is 0 Å². The van der Waals surface area contributed by atoms with Gasteiger partial charge in [-0.15, -0.1) is 0 Å². The Bertz CT molecular complexity index is 516. The molecule has 0 aromatic carbocycles. The molecular weight excluding hydrogens is 260 g/mol. The fourth-order valence-electron chi connectivity index (χ4n) is 2.64. The van der Waals surface area contributed by atoms with Gasteiger partial charge >= 0.3 is 0 Å². The van der Waals surface area contributed by atoms with Gasteiger partial charge in [0.05, 0.1) is 5.56 Å². The van der Waals surface area contributed by atoms with E-state index in [-0.39, 0.29) is 0 Å². The third kappa shape index (κ3) is 4.18. The maximum atomic E-state index is 9.25. The molecule has 0 amide bonds. The van der Waals surface area contributed by atoms with E-state index in [1.807, 2.05) is 6.07 Å². The number of pyridine rings is 1. The Kier molecular flexibility index (Phi) is 5.58. The fraction of sp³-hybridized carbons (Fsp3) is 0.647. The molecule has 1 aromatic heterocycles. The van der Waals surface area contributed by atoms with Gasteiger partial charge in [-0.1, -0.05) is 0 Å². The number of nitrogens with zero attached hydrogens (tertiary/aromatic N) is 3. The smallest absolute Gasteiger partial charge is 0.144 e. The number of fused-ring (bicyclic) bond motifs is 1. The lowest BCUT2D eigenvalue weighted by atomic mass is 10.1. The van der Waals surface area contributed by atoms with Crippen LogP contribution >= 0.6 is 0 Å². The highest BCUT2D eigenvalue weighted by Crippen LogP contribution is 2.24. The average molecular weight is 286 g/mol. The zero-order chi connectivity index (χ0) is 15.2. The summed E-state index contributed by atoms with van der Waals surface area (Å²) in [7, 11) is 2.16. The van der Waals surface area contributed by atoms with Crippen LogP contribution < -0.4 is 5.32 Å². The fourth-order valence-corrected chi connectivity index (χ4v) is 2.64. The summed E-state index contributed by atoms with van der Waals surface area (Å²) in [5, 5.41) is 12.6. The summed E-state index contributed by atoms with van der Waals surface area (Å²) in [6, 6.07) is 4.88. The first kappa shape index (κ1) is 15.8. The van der Waals surface area contributed by atoms with Crippen molar-refractivity contribution in [1.82, 2.24) is 9.88 Å². The quantitative estimate of drug-likeness (QED) is 0.783. The van der Waals surface area contributed by atoms with Crippen LogP contribution in [0.4, 0.5) is 5.82 Å². The third-order valence-electron chi connectivity index (χ3n) is 4.28. The van der Waals surface area contributed by atoms with Crippen molar-refractivity contribution in [3.8, 4) is 6.07 Å². The van der Waals surface area contributed by atoms with Crippen molar-refractivity contribution in [2.75, 3.05) is 25.5 Å². The maximum absolute atomic E-state index is 9.25. The molecule has 2 rings (SSSR count). The van der Waals surface area contributed by atoms with Crippen molar-refractivity contribution in [3.63, 3.8) is 0 Å². The van der Waals surface area contributed by atoms with Gasteiger partial charge < -0.3 is 10.2 Å². The van der Waals surface area contributed by atoms with Gasteiger partial charge in [0.2, 0.25) is 0 Å². The number of nitrogens with one attached hydrogen (secondary N) is 1. The monoisotopic (exact) mass is 286 g/mol. The van der Waals surface area contributed by atoms with Crippen molar-refractivity contribution < 1.29 is 0 Å². The second-order valence-electron chi connectivity index (χ2n) is 6.16. The van der Waals surface area contributed by atoms with E-state index in [2.05, 4.69) is 42.2 Å². The van der Waals surface area contributed by atoms with Crippen LogP contribution in [0.1, 0.15) is 49.9 Å². The molecule has 0 saturated carbocycles. The molecule has 0 unspecified atom stereocenters. The van der Waals surface area contributed by atoms with Crippen molar-refractivity contribution in [1.29, 1.82) is 5.26 Å². The highest BCUT2D eigenvalue weighted by atomic mass is 15.1. The largest absolute Gasteiger partial charge is 0.369 e. The number of hydrogen-bond acceptors (Lipinski definition) is 4. The second-order valence-corrected chi connectivity index (χ2v) is 6.16. The molecule has 0 fully saturated rings. The summed E-state index contributed by atoms with van der Waals surface area (Å²) < 4.78 is 0. The van der Waals surface area contributed by atoms with Gasteiger partial charge in [-0.25, -0.2) is 4.98 Å². The average Bonchev–Trinajstić information content (AvgIpc) is 2.92. The lowest BCUT2D eigenvalue weighted by Gasteiger charge is -2.20. The zero-order valence-corrected chi connectivity index (χ0v) is 13.4. The van der Waals surface area contributed by atoms with E-state index in [9.17, 15) is 5.26 Å². The molecule has 1 aliphatic carbocycles. The van der Waals surface area contributed by atoms with Crippen molar-refractivity contribution in [2.45, 2.75) is 52.0 Å². The summed E-state index contributed by atoms with van der Waals surface area (Å²) in [5.74, 6) is 0.773. The van der Waals surface area contributed by atoms with E-state index in [4.69, 9.17) is 0 Å². The topological polar surface area (TPSA) is 52.0 Å². The minimum Gasteiger partial charge on any atom is -0.369 e. The number of aromatic nitrogens is 1. The SMILES string of the molecule is CC(C)N(C)CCCCNc1nc2c(cc1C#N)CCC2. The molecule has 1 aromatic rings. The van der Waals surface area contributed by atoms with Gasteiger partial charge in [0, 0.05) is 18.3 Å². The van der Waals surface area contributed by atoms with E-state index >= 15 is 0 Å². The molecule has 4 nitrogen and oxygen atoms in total. The number of rotatable bonds is 7. The Balaban J connectivity index is 1.82. The Hall–Kier alpha value is -1.60. The van der Waals surface area contributed by atoms with Crippen LogP contribution in [0.5, 0.6) is 0 Å². The normalized spacial score (nSPS) is 13.5. The van der Waals surface area contributed by atoms with Gasteiger partial charge in [0.15, 0.2) is 0 Å². The molecule has 0 saturated heterocycles. The zero-order valence-electron chi connectivity index (χ0n) is 13.4. The summed E-state index contributed by atoms with van der Waals surface area (Å²) in [5.41, 5.74) is 3.13. The molecule has 1 aliphatic rings. The first-order valence-electron chi connectivity index (χ1n) is 7.99. The van der Waals surface area contributed by atoms with Crippen LogP contribution in [0.2, 0.25) is 0 Å². The van der Waals surface area contributed by atoms with Crippen LogP contribution in [-0.4, -0.2) is 36.1 Å². The van der Waals surface area contributed by atoms with Crippen molar-refractivity contribution >= 4 is 5.82 Å². The molecule has 0 atom stereocenters. The summed E-state index contributed by atoms with van der Waals surface area (Å²) >= 11 is 0. The molecule has 0 radical (unpaired) electrons. The number of unbranched alkanes of at least 4 members (excludes halogenated alkanes) is 1. The molecule has 1 heterocycles. The lowest BCUT2D eigenvalue weighted by molar-refractivity contribution is 0.269. The molecule has 0 spiro atoms. The van der Waals surface area contributed by atoms with Crippen LogP contribution in [0.3, 0.4) is 0 Å². The Morgan fingerprint density at radius 1 is 1.38 bits per heavy atom. The van der Waals surface area contributed by atoms with Crippen LogP contribution in [-0.2, 0) is 12.8 Å². The third-order valence-corrected chi connectivity index (χ3v) is 4.28. The minimum absolute atomic E-state index is 0.599. The molecular formula is C17H26N4. The van der Waals surface area contributed by atoms with E-state index in [0.717, 1.165) is 51.0 Å². The molecule has 0 bridgehead atoms. The van der Waals surface area contributed by atoms with E-state index in [1.54, 1.807) is 0 Å². The van der Waals surface area contributed by atoms with E-state index in [0.29, 0.717) is 11.6 Å². The predicted octanol–water partition coefficient (Wildman–Crippen LogP) is 2.97. The predicted molar refractivity (Wildman–Crippen MR) is 86.5 cm³/mol. The Labute approximate surface area is 128 Å². The maximum Gasteiger partial charge on any atom is 0.144 e. The second kappa shape index (κ2) is 7.42. The molecule has 0 aliphatic heterocycles. The lowest BCUT2D eigenvalue weighted by Crippen LogP contribution is -2.27. The molecule has 1 N–H and O–H groups in total. The molecule has 21 heavy (non-hydrogen) atoms. The van der Waals surface area contributed by atoms with Gasteiger partial charge in [0.1, 0.15) is 11.9 Å². The van der Waals surface area contributed by atoms with Crippen molar-refractivity contribution in [3.05, 3.63) is 22.9 Å². The minimum atomic E-state index is 0.599. The first-order chi connectivity index (χ1) is 10.1. The summed E-state index contributed by atoms with van der Waals surface area (Å²) in [6.07, 6.45) is 5.54. The number of hydrogen-bond donors (Lipinski definition) is 1. The standard InChI is InChI=1S/C17H26N4/c1-13(2)21(3)10-5-4-9-19-17-15(12-18)11-14-7-6-8-16(14)20-17/h11,13H,4-10H2,1-3H3,(H,19,20). The molecule has 4 heteroatoms. The van der Waals surface area contributed by atoms with Gasteiger partial charge in [0.25, 0.3) is 0 Å². The number of anilines is 1. The van der Waals surface area contributed by atoms with Crippen LogP contribution in [0, 0.1) is 11.3 Å². The Morgan fingerprint density at radius 3 is 2.90 bits per heavy atom. The van der Waals surface area contributed by atoms with Crippen LogP contribution in [0.25, 0.3) is 0 Å². The summed E-state index contributed by atoms with van der Waals surface area (Å²) in [6.45, 7) is 6.42. The van der Waals surface area contributed by atoms with Gasteiger partial charge in [-0.05, 0) is 71.2 Å². The van der Waals surface area contributed by atoms with Gasteiger partial charge in [-0.3, -0.25) is 0 Å². The van der Waals surface area contributed by atoms with Crippen LogP contribution in [0.15, 0.2) is 6.07 Å². The highest BCUT2D eigenvalue weighted by molar-refractivity contribution is 5.55. The van der Waals surface area contributed by atoms with Gasteiger partial charge in [-0.2, -0.15) is 5.26 Å². The Morgan fingerprint density at radius 2 is 2.19 bits per heavy atom.